The number of hydrogen-bond donors (Lipinski definition) is 2. The molecule has 6 heteroatoms. The Bertz CT molecular complexity index is 393. The molecule has 1 unspecified atom stereocenters. The van der Waals surface area contributed by atoms with Crippen molar-refractivity contribution in [2.45, 2.75) is 6.10 Å². The second-order valence-corrected chi connectivity index (χ2v) is 5.39. The van der Waals surface area contributed by atoms with Crippen LogP contribution in [0.4, 0.5) is 0 Å². The molecule has 0 amide bonds. The van der Waals surface area contributed by atoms with Crippen LogP contribution in [0.15, 0.2) is 30.3 Å². The molecule has 1 aromatic rings. The van der Waals surface area contributed by atoms with Crippen LogP contribution in [0, 0.1) is 0 Å². The van der Waals surface area contributed by atoms with Crippen LogP contribution >= 0.6 is 11.6 Å². The fourth-order valence-electron chi connectivity index (χ4n) is 1.04. The first-order chi connectivity index (χ1) is 7.05. The van der Waals surface area contributed by atoms with Gasteiger partial charge in [0.1, 0.15) is 5.21 Å². The van der Waals surface area contributed by atoms with E-state index in [1.165, 1.54) is 0 Å². The first-order valence-electron chi connectivity index (χ1n) is 4.31. The SMILES string of the molecule is O=S(=O)(CCl)NCC(O)c1ccccc1. The number of halogens is 1. The summed E-state index contributed by atoms with van der Waals surface area (Å²) in [5, 5.41) is 9.10. The van der Waals surface area contributed by atoms with E-state index < -0.39 is 21.3 Å². The van der Waals surface area contributed by atoms with E-state index in [9.17, 15) is 13.5 Å². The second kappa shape index (κ2) is 5.46. The number of aliphatic hydroxyl groups excluding tert-OH is 1. The molecule has 0 aliphatic heterocycles. The predicted molar refractivity (Wildman–Crippen MR) is 59.0 cm³/mol. The van der Waals surface area contributed by atoms with E-state index in [4.69, 9.17) is 11.6 Å². The minimum atomic E-state index is -3.47. The molecule has 1 atom stereocenters. The van der Waals surface area contributed by atoms with E-state index in [2.05, 4.69) is 4.72 Å². The van der Waals surface area contributed by atoms with Gasteiger partial charge in [0.15, 0.2) is 0 Å². The molecule has 0 fully saturated rings. The molecule has 1 aromatic carbocycles. The van der Waals surface area contributed by atoms with Crippen molar-refractivity contribution in [2.24, 2.45) is 0 Å². The van der Waals surface area contributed by atoms with Crippen molar-refractivity contribution >= 4 is 21.6 Å². The quantitative estimate of drug-likeness (QED) is 0.760. The lowest BCUT2D eigenvalue weighted by molar-refractivity contribution is 0.182. The minimum absolute atomic E-state index is 0.0704. The van der Waals surface area contributed by atoms with E-state index in [0.717, 1.165) is 0 Å². The summed E-state index contributed by atoms with van der Waals surface area (Å²) in [4.78, 5) is 0. The highest BCUT2D eigenvalue weighted by molar-refractivity contribution is 7.90. The van der Waals surface area contributed by atoms with Gasteiger partial charge in [0.05, 0.1) is 6.10 Å². The number of aliphatic hydroxyl groups is 1. The average Bonchev–Trinajstić information content (AvgIpc) is 2.27. The molecule has 0 spiro atoms. The van der Waals surface area contributed by atoms with Gasteiger partial charge in [0.2, 0.25) is 10.0 Å². The summed E-state index contributed by atoms with van der Waals surface area (Å²) >= 11 is 5.19. The van der Waals surface area contributed by atoms with Gasteiger partial charge in [0, 0.05) is 6.54 Å². The molecule has 1 rings (SSSR count). The van der Waals surface area contributed by atoms with E-state index in [1.807, 2.05) is 6.07 Å². The van der Waals surface area contributed by atoms with Gasteiger partial charge < -0.3 is 5.11 Å². The Morgan fingerprint density at radius 3 is 2.47 bits per heavy atom. The summed E-state index contributed by atoms with van der Waals surface area (Å²) < 4.78 is 24.2. The van der Waals surface area contributed by atoms with Gasteiger partial charge in [-0.3, -0.25) is 0 Å². The molecule has 0 bridgehead atoms. The Balaban J connectivity index is 2.54. The van der Waals surface area contributed by atoms with Crippen LogP contribution < -0.4 is 4.72 Å². The molecular weight excluding hydrogens is 238 g/mol. The summed E-state index contributed by atoms with van der Waals surface area (Å²) in [5.41, 5.74) is 0.662. The highest BCUT2D eigenvalue weighted by Gasteiger charge is 2.12. The first-order valence-corrected chi connectivity index (χ1v) is 6.50. The Kier molecular flexibility index (Phi) is 4.53. The maximum Gasteiger partial charge on any atom is 0.225 e. The van der Waals surface area contributed by atoms with Gasteiger partial charge >= 0.3 is 0 Å². The lowest BCUT2D eigenvalue weighted by Crippen LogP contribution is -2.29. The van der Waals surface area contributed by atoms with Crippen LogP contribution in [0.5, 0.6) is 0 Å². The number of alkyl halides is 1. The molecular formula is C9H12ClNO3S. The Morgan fingerprint density at radius 2 is 1.93 bits per heavy atom. The zero-order valence-corrected chi connectivity index (χ0v) is 9.50. The van der Waals surface area contributed by atoms with Crippen molar-refractivity contribution in [1.82, 2.24) is 4.72 Å². The highest BCUT2D eigenvalue weighted by Crippen LogP contribution is 2.10. The molecule has 4 nitrogen and oxygen atoms in total. The molecule has 84 valence electrons. The first kappa shape index (κ1) is 12.4. The molecule has 0 saturated carbocycles. The van der Waals surface area contributed by atoms with E-state index in [0.29, 0.717) is 5.56 Å². The van der Waals surface area contributed by atoms with Crippen LogP contribution in [0.3, 0.4) is 0 Å². The van der Waals surface area contributed by atoms with Crippen LogP contribution in [0.2, 0.25) is 0 Å². The number of nitrogens with one attached hydrogen (secondary N) is 1. The lowest BCUT2D eigenvalue weighted by Gasteiger charge is -2.11. The maximum absolute atomic E-state index is 11.0. The number of sulfonamides is 1. The molecule has 0 saturated heterocycles. The standard InChI is InChI=1S/C9H12ClNO3S/c10-7-15(13,14)11-6-9(12)8-4-2-1-3-5-8/h1-5,9,11-12H,6-7H2. The van der Waals surface area contributed by atoms with E-state index >= 15 is 0 Å². The van der Waals surface area contributed by atoms with Crippen molar-refractivity contribution < 1.29 is 13.5 Å². The molecule has 0 aliphatic carbocycles. The van der Waals surface area contributed by atoms with Gasteiger partial charge in [-0.15, -0.1) is 11.6 Å². The molecule has 0 aliphatic rings. The third kappa shape index (κ3) is 4.17. The van der Waals surface area contributed by atoms with Gasteiger partial charge in [-0.1, -0.05) is 30.3 Å². The topological polar surface area (TPSA) is 66.4 Å². The van der Waals surface area contributed by atoms with Crippen molar-refractivity contribution in [3.63, 3.8) is 0 Å². The molecule has 0 aromatic heterocycles. The maximum atomic E-state index is 11.0. The van der Waals surface area contributed by atoms with Gasteiger partial charge in [-0.25, -0.2) is 13.1 Å². The minimum Gasteiger partial charge on any atom is -0.387 e. The zero-order chi connectivity index (χ0) is 11.3. The zero-order valence-electron chi connectivity index (χ0n) is 7.93. The summed E-state index contributed by atoms with van der Waals surface area (Å²) in [6.45, 7) is -0.0704. The van der Waals surface area contributed by atoms with Crippen molar-refractivity contribution in [3.05, 3.63) is 35.9 Å². The van der Waals surface area contributed by atoms with Gasteiger partial charge in [-0.2, -0.15) is 0 Å². The van der Waals surface area contributed by atoms with E-state index in [-0.39, 0.29) is 6.54 Å². The van der Waals surface area contributed by atoms with Crippen LogP contribution in [0.1, 0.15) is 11.7 Å². The lowest BCUT2D eigenvalue weighted by atomic mass is 10.1. The van der Waals surface area contributed by atoms with Crippen LogP contribution in [-0.4, -0.2) is 25.3 Å². The normalized spacial score (nSPS) is 13.7. The average molecular weight is 250 g/mol. The fourth-order valence-corrected chi connectivity index (χ4v) is 1.76. The fraction of sp³-hybridized carbons (Fsp3) is 0.333. The van der Waals surface area contributed by atoms with Crippen molar-refractivity contribution in [3.8, 4) is 0 Å². The smallest absolute Gasteiger partial charge is 0.225 e. The van der Waals surface area contributed by atoms with Gasteiger partial charge in [-0.05, 0) is 5.56 Å². The number of hydrogen-bond acceptors (Lipinski definition) is 3. The number of rotatable bonds is 5. The highest BCUT2D eigenvalue weighted by atomic mass is 35.5. The third-order valence-electron chi connectivity index (χ3n) is 1.82. The van der Waals surface area contributed by atoms with Crippen LogP contribution in [0.25, 0.3) is 0 Å². The number of benzene rings is 1. The third-order valence-corrected chi connectivity index (χ3v) is 3.58. The Morgan fingerprint density at radius 1 is 1.33 bits per heavy atom. The monoisotopic (exact) mass is 249 g/mol. The molecule has 15 heavy (non-hydrogen) atoms. The van der Waals surface area contributed by atoms with Crippen LogP contribution in [-0.2, 0) is 10.0 Å². The van der Waals surface area contributed by atoms with Gasteiger partial charge in [0.25, 0.3) is 0 Å². The van der Waals surface area contributed by atoms with Crippen molar-refractivity contribution in [1.29, 1.82) is 0 Å². The second-order valence-electron chi connectivity index (χ2n) is 3.00. The Labute approximate surface area is 93.9 Å². The summed E-state index contributed by atoms with van der Waals surface area (Å²) in [5.74, 6) is 0. The van der Waals surface area contributed by atoms with Crippen molar-refractivity contribution in [2.75, 3.05) is 11.8 Å². The predicted octanol–water partition coefficient (Wildman–Crippen LogP) is 0.836. The Hall–Kier alpha value is -0.620. The summed E-state index contributed by atoms with van der Waals surface area (Å²) in [6.07, 6.45) is -0.857. The van der Waals surface area contributed by atoms with E-state index in [1.54, 1.807) is 24.3 Å². The molecule has 0 heterocycles. The molecule has 0 radical (unpaired) electrons. The summed E-state index contributed by atoms with van der Waals surface area (Å²) in [7, 11) is -3.47. The molecule has 2 N–H and O–H groups in total. The summed E-state index contributed by atoms with van der Waals surface area (Å²) in [6, 6.07) is 8.81. The largest absolute Gasteiger partial charge is 0.387 e.